The van der Waals surface area contributed by atoms with Gasteiger partial charge in [0.15, 0.2) is 5.78 Å². The summed E-state index contributed by atoms with van der Waals surface area (Å²) >= 11 is 3.52. The Bertz CT molecular complexity index is 645. The third-order valence-corrected chi connectivity index (χ3v) is 4.94. The van der Waals surface area contributed by atoms with Crippen molar-refractivity contribution in [3.8, 4) is 0 Å². The molecular formula is C17H15BrO. The fraction of sp³-hybridized carbons (Fsp3) is 0.235. The minimum absolute atomic E-state index is 0.232. The molecule has 1 aliphatic carbocycles. The fourth-order valence-corrected chi connectivity index (χ4v) is 3.23. The summed E-state index contributed by atoms with van der Waals surface area (Å²) in [6.07, 6.45) is 1.64. The lowest BCUT2D eigenvalue weighted by Gasteiger charge is -2.29. The van der Waals surface area contributed by atoms with Crippen LogP contribution in [0, 0.1) is 6.92 Å². The summed E-state index contributed by atoms with van der Waals surface area (Å²) in [5, 5.41) is 0. The van der Waals surface area contributed by atoms with Gasteiger partial charge in [-0.05, 0) is 51.9 Å². The van der Waals surface area contributed by atoms with E-state index in [0.717, 1.165) is 22.0 Å². The largest absolute Gasteiger partial charge is 0.294 e. The number of rotatable bonds is 3. The summed E-state index contributed by atoms with van der Waals surface area (Å²) in [6.45, 7) is 2.01. The van der Waals surface area contributed by atoms with Crippen molar-refractivity contribution in [1.29, 1.82) is 0 Å². The second-order valence-electron chi connectivity index (χ2n) is 5.16. The molecule has 0 N–H and O–H groups in total. The third kappa shape index (κ3) is 2.25. The van der Waals surface area contributed by atoms with Crippen molar-refractivity contribution in [2.24, 2.45) is 0 Å². The molecule has 19 heavy (non-hydrogen) atoms. The molecule has 0 aromatic heterocycles. The minimum Gasteiger partial charge on any atom is -0.294 e. The highest BCUT2D eigenvalue weighted by Gasteiger charge is 2.28. The highest BCUT2D eigenvalue weighted by molar-refractivity contribution is 9.10. The van der Waals surface area contributed by atoms with Gasteiger partial charge in [-0.2, -0.15) is 0 Å². The Hall–Kier alpha value is -1.41. The number of carbonyl (C=O) groups is 1. The lowest BCUT2D eigenvalue weighted by molar-refractivity contribution is 0.0969. The highest BCUT2D eigenvalue weighted by Crippen LogP contribution is 2.38. The molecule has 1 aliphatic rings. The molecule has 1 unspecified atom stereocenters. The van der Waals surface area contributed by atoms with E-state index in [1.807, 2.05) is 25.1 Å². The zero-order chi connectivity index (χ0) is 13.4. The van der Waals surface area contributed by atoms with Crippen LogP contribution in [0.5, 0.6) is 0 Å². The lowest BCUT2D eigenvalue weighted by Crippen LogP contribution is -2.20. The summed E-state index contributed by atoms with van der Waals surface area (Å²) < 4.78 is 0.938. The maximum Gasteiger partial charge on any atom is 0.164 e. The molecule has 0 radical (unpaired) electrons. The molecule has 96 valence electrons. The molecule has 0 saturated heterocycles. The number of aryl methyl sites for hydroxylation is 1. The molecule has 2 aromatic carbocycles. The topological polar surface area (TPSA) is 17.1 Å². The third-order valence-electron chi connectivity index (χ3n) is 3.89. The smallest absolute Gasteiger partial charge is 0.164 e. The van der Waals surface area contributed by atoms with Gasteiger partial charge >= 0.3 is 0 Å². The molecule has 0 fully saturated rings. The number of ketones is 1. The average molecular weight is 315 g/mol. The van der Waals surface area contributed by atoms with E-state index in [1.54, 1.807) is 0 Å². The summed E-state index contributed by atoms with van der Waals surface area (Å²) in [4.78, 5) is 12.4. The Kier molecular flexibility index (Phi) is 3.28. The van der Waals surface area contributed by atoms with Crippen LogP contribution in [0.2, 0.25) is 0 Å². The molecule has 2 aromatic rings. The van der Waals surface area contributed by atoms with E-state index in [9.17, 15) is 4.79 Å². The second-order valence-corrected chi connectivity index (χ2v) is 5.96. The van der Waals surface area contributed by atoms with Crippen molar-refractivity contribution in [3.63, 3.8) is 0 Å². The Morgan fingerprint density at radius 1 is 1.21 bits per heavy atom. The SMILES string of the molecule is Cc1cccc(C(=O)CC2Cc3ccccc32)c1Br. The molecule has 0 aliphatic heterocycles. The second kappa shape index (κ2) is 4.93. The van der Waals surface area contributed by atoms with Crippen LogP contribution in [0.25, 0.3) is 0 Å². The summed E-state index contributed by atoms with van der Waals surface area (Å²) in [7, 11) is 0. The van der Waals surface area contributed by atoms with Gasteiger partial charge in [0.25, 0.3) is 0 Å². The zero-order valence-corrected chi connectivity index (χ0v) is 12.4. The number of fused-ring (bicyclic) bond motifs is 1. The maximum atomic E-state index is 12.4. The number of Topliss-reactive ketones (excluding diaryl/α,β-unsaturated/α-hetero) is 1. The maximum absolute atomic E-state index is 12.4. The molecule has 0 heterocycles. The minimum atomic E-state index is 0.232. The van der Waals surface area contributed by atoms with Crippen LogP contribution >= 0.6 is 15.9 Å². The Balaban J connectivity index is 1.79. The van der Waals surface area contributed by atoms with Crippen LogP contribution in [0.4, 0.5) is 0 Å². The van der Waals surface area contributed by atoms with Gasteiger partial charge in [-0.3, -0.25) is 4.79 Å². The van der Waals surface area contributed by atoms with Gasteiger partial charge in [0, 0.05) is 16.5 Å². The lowest BCUT2D eigenvalue weighted by atomic mass is 9.74. The van der Waals surface area contributed by atoms with Crippen LogP contribution in [-0.4, -0.2) is 5.78 Å². The zero-order valence-electron chi connectivity index (χ0n) is 10.8. The van der Waals surface area contributed by atoms with E-state index in [1.165, 1.54) is 11.1 Å². The summed E-state index contributed by atoms with van der Waals surface area (Å²) in [5.41, 5.74) is 4.66. The van der Waals surface area contributed by atoms with Gasteiger partial charge < -0.3 is 0 Å². The first kappa shape index (κ1) is 12.6. The normalized spacial score (nSPS) is 16.6. The van der Waals surface area contributed by atoms with Gasteiger partial charge in [-0.15, -0.1) is 0 Å². The number of halogens is 1. The van der Waals surface area contributed by atoms with Crippen molar-refractivity contribution in [2.45, 2.75) is 25.7 Å². The number of hydrogen-bond acceptors (Lipinski definition) is 1. The molecule has 0 spiro atoms. The Labute approximate surface area is 121 Å². The van der Waals surface area contributed by atoms with Gasteiger partial charge in [0.05, 0.1) is 0 Å². The van der Waals surface area contributed by atoms with Crippen molar-refractivity contribution < 1.29 is 4.79 Å². The first-order valence-corrected chi connectivity index (χ1v) is 7.32. The summed E-state index contributed by atoms with van der Waals surface area (Å²) in [5.74, 6) is 0.631. The van der Waals surface area contributed by atoms with E-state index < -0.39 is 0 Å². The van der Waals surface area contributed by atoms with Crippen LogP contribution in [0.1, 0.15) is 39.4 Å². The molecule has 0 bridgehead atoms. The van der Waals surface area contributed by atoms with E-state index in [4.69, 9.17) is 0 Å². The quantitative estimate of drug-likeness (QED) is 0.752. The summed E-state index contributed by atoms with van der Waals surface area (Å²) in [6, 6.07) is 14.3. The number of hydrogen-bond donors (Lipinski definition) is 0. The molecule has 3 rings (SSSR count). The van der Waals surface area contributed by atoms with E-state index >= 15 is 0 Å². The van der Waals surface area contributed by atoms with Crippen molar-refractivity contribution in [1.82, 2.24) is 0 Å². The number of carbonyl (C=O) groups excluding carboxylic acids is 1. The van der Waals surface area contributed by atoms with Gasteiger partial charge in [-0.25, -0.2) is 0 Å². The Morgan fingerprint density at radius 3 is 2.79 bits per heavy atom. The van der Waals surface area contributed by atoms with Crippen molar-refractivity contribution in [2.75, 3.05) is 0 Å². The van der Waals surface area contributed by atoms with Crippen LogP contribution in [0.15, 0.2) is 46.9 Å². The molecule has 0 amide bonds. The van der Waals surface area contributed by atoms with Crippen LogP contribution in [-0.2, 0) is 6.42 Å². The van der Waals surface area contributed by atoms with Gasteiger partial charge in [0.2, 0.25) is 0 Å². The van der Waals surface area contributed by atoms with E-state index in [2.05, 4.69) is 40.2 Å². The first-order chi connectivity index (χ1) is 9.16. The predicted octanol–water partition coefficient (Wildman–Crippen LogP) is 4.67. The van der Waals surface area contributed by atoms with Crippen molar-refractivity contribution >= 4 is 21.7 Å². The molecular weight excluding hydrogens is 300 g/mol. The Morgan fingerprint density at radius 2 is 2.00 bits per heavy atom. The fourth-order valence-electron chi connectivity index (χ4n) is 2.74. The monoisotopic (exact) mass is 314 g/mol. The van der Waals surface area contributed by atoms with Crippen LogP contribution in [0.3, 0.4) is 0 Å². The standard InChI is InChI=1S/C17H15BrO/c1-11-5-4-8-15(17(11)18)16(19)10-13-9-12-6-2-3-7-14(12)13/h2-8,13H,9-10H2,1H3. The van der Waals surface area contributed by atoms with Gasteiger partial charge in [0.1, 0.15) is 0 Å². The highest BCUT2D eigenvalue weighted by atomic mass is 79.9. The molecule has 0 saturated carbocycles. The molecule has 1 atom stereocenters. The number of benzene rings is 2. The van der Waals surface area contributed by atoms with Crippen molar-refractivity contribution in [3.05, 3.63) is 69.2 Å². The molecule has 2 heteroatoms. The molecule has 1 nitrogen and oxygen atoms in total. The average Bonchev–Trinajstić information content (AvgIpc) is 2.39. The van der Waals surface area contributed by atoms with Crippen LogP contribution < -0.4 is 0 Å². The van der Waals surface area contributed by atoms with E-state index in [0.29, 0.717) is 12.3 Å². The van der Waals surface area contributed by atoms with E-state index in [-0.39, 0.29) is 5.78 Å². The predicted molar refractivity (Wildman–Crippen MR) is 80.7 cm³/mol. The first-order valence-electron chi connectivity index (χ1n) is 6.53. The van der Waals surface area contributed by atoms with Gasteiger partial charge in [-0.1, -0.05) is 42.5 Å².